The Bertz CT molecular complexity index is 276. The topological polar surface area (TPSA) is 83.6 Å². The maximum atomic E-state index is 12.0. The van der Waals surface area contributed by atoms with Crippen molar-refractivity contribution in [3.63, 3.8) is 0 Å². The number of hydrogen-bond donors (Lipinski definition) is 2. The molecule has 0 aromatic carbocycles. The van der Waals surface area contributed by atoms with Crippen LogP contribution in [-0.2, 0) is 9.59 Å². The largest absolute Gasteiger partial charge is 0.480 e. The third kappa shape index (κ3) is 2.28. The van der Waals surface area contributed by atoms with Crippen LogP contribution >= 0.6 is 0 Å². The molecule has 1 aliphatic heterocycles. The van der Waals surface area contributed by atoms with E-state index in [1.165, 1.54) is 4.90 Å². The molecule has 0 radical (unpaired) electrons. The van der Waals surface area contributed by atoms with Crippen molar-refractivity contribution in [2.45, 2.75) is 32.7 Å². The van der Waals surface area contributed by atoms with Crippen LogP contribution < -0.4 is 5.73 Å². The van der Waals surface area contributed by atoms with E-state index in [0.717, 1.165) is 6.42 Å². The molecule has 1 rings (SSSR count). The van der Waals surface area contributed by atoms with E-state index < -0.39 is 17.4 Å². The van der Waals surface area contributed by atoms with E-state index >= 15 is 0 Å². The Morgan fingerprint density at radius 3 is 2.60 bits per heavy atom. The second-order valence-electron chi connectivity index (χ2n) is 4.58. The summed E-state index contributed by atoms with van der Waals surface area (Å²) in [5, 5.41) is 8.95. The van der Waals surface area contributed by atoms with Crippen LogP contribution in [-0.4, -0.2) is 41.0 Å². The molecule has 1 saturated heterocycles. The highest BCUT2D eigenvalue weighted by Gasteiger charge is 2.39. The minimum atomic E-state index is -0.923. The quantitative estimate of drug-likeness (QED) is 0.695. The third-order valence-corrected chi connectivity index (χ3v) is 2.89. The molecule has 0 aliphatic carbocycles. The van der Waals surface area contributed by atoms with Crippen LogP contribution in [0.1, 0.15) is 26.7 Å². The Morgan fingerprint density at radius 2 is 2.13 bits per heavy atom. The maximum absolute atomic E-state index is 12.0. The van der Waals surface area contributed by atoms with Crippen LogP contribution in [0.2, 0.25) is 0 Å². The van der Waals surface area contributed by atoms with Gasteiger partial charge in [0.1, 0.15) is 6.04 Å². The van der Waals surface area contributed by atoms with Gasteiger partial charge < -0.3 is 15.7 Å². The van der Waals surface area contributed by atoms with Crippen molar-refractivity contribution in [3.8, 4) is 0 Å². The molecule has 0 saturated carbocycles. The molecular formula is C10H18N2O3. The average molecular weight is 214 g/mol. The first-order valence-electron chi connectivity index (χ1n) is 5.14. The normalized spacial score (nSPS) is 21.8. The van der Waals surface area contributed by atoms with Crippen LogP contribution in [0.5, 0.6) is 0 Å². The monoisotopic (exact) mass is 214 g/mol. The van der Waals surface area contributed by atoms with Gasteiger partial charge in [-0.1, -0.05) is 0 Å². The van der Waals surface area contributed by atoms with E-state index in [1.54, 1.807) is 13.8 Å². The predicted molar refractivity (Wildman–Crippen MR) is 55.2 cm³/mol. The summed E-state index contributed by atoms with van der Waals surface area (Å²) in [6.45, 7) is 4.24. The molecule has 5 nitrogen and oxygen atoms in total. The summed E-state index contributed by atoms with van der Waals surface area (Å²) in [6.07, 6.45) is 1.30. The second kappa shape index (κ2) is 4.18. The summed E-state index contributed by atoms with van der Waals surface area (Å²) < 4.78 is 0. The summed E-state index contributed by atoms with van der Waals surface area (Å²) in [5.74, 6) is -1.08. The zero-order valence-electron chi connectivity index (χ0n) is 9.19. The SMILES string of the molecule is CC(C)(CN)C(=O)N1CCC[C@@H]1C(=O)O. The third-order valence-electron chi connectivity index (χ3n) is 2.89. The van der Waals surface area contributed by atoms with Crippen molar-refractivity contribution in [1.82, 2.24) is 4.90 Å². The Balaban J connectivity index is 2.79. The first-order chi connectivity index (χ1) is 6.90. The molecule has 0 aromatic heterocycles. The van der Waals surface area contributed by atoms with Crippen LogP contribution in [0.3, 0.4) is 0 Å². The van der Waals surface area contributed by atoms with Crippen molar-refractivity contribution in [1.29, 1.82) is 0 Å². The summed E-state index contributed by atoms with van der Waals surface area (Å²) in [6, 6.07) is -0.664. The van der Waals surface area contributed by atoms with Gasteiger partial charge in [0.2, 0.25) is 5.91 Å². The molecule has 0 unspecified atom stereocenters. The second-order valence-corrected chi connectivity index (χ2v) is 4.58. The Kier molecular flexibility index (Phi) is 3.34. The van der Waals surface area contributed by atoms with Crippen molar-refractivity contribution in [2.24, 2.45) is 11.1 Å². The van der Waals surface area contributed by atoms with E-state index in [0.29, 0.717) is 13.0 Å². The van der Waals surface area contributed by atoms with Gasteiger partial charge >= 0.3 is 5.97 Å². The van der Waals surface area contributed by atoms with Crippen LogP contribution in [0.25, 0.3) is 0 Å². The number of hydrogen-bond acceptors (Lipinski definition) is 3. The lowest BCUT2D eigenvalue weighted by atomic mass is 9.91. The number of carboxylic acid groups (broad SMARTS) is 1. The van der Waals surface area contributed by atoms with Gasteiger partial charge in [0, 0.05) is 13.1 Å². The fourth-order valence-corrected chi connectivity index (χ4v) is 1.74. The number of nitrogens with zero attached hydrogens (tertiary/aromatic N) is 1. The Labute approximate surface area is 89.2 Å². The summed E-state index contributed by atoms with van der Waals surface area (Å²) >= 11 is 0. The molecule has 1 amide bonds. The minimum Gasteiger partial charge on any atom is -0.480 e. The minimum absolute atomic E-state index is 0.157. The molecule has 86 valence electrons. The van der Waals surface area contributed by atoms with Gasteiger partial charge in [0.15, 0.2) is 0 Å². The summed E-state index contributed by atoms with van der Waals surface area (Å²) in [7, 11) is 0. The number of rotatable bonds is 3. The van der Waals surface area contributed by atoms with Gasteiger partial charge in [0.05, 0.1) is 5.41 Å². The smallest absolute Gasteiger partial charge is 0.326 e. The number of carboxylic acids is 1. The highest BCUT2D eigenvalue weighted by atomic mass is 16.4. The zero-order valence-corrected chi connectivity index (χ0v) is 9.19. The van der Waals surface area contributed by atoms with Crippen molar-refractivity contribution < 1.29 is 14.7 Å². The number of nitrogens with two attached hydrogens (primary N) is 1. The van der Waals surface area contributed by atoms with Gasteiger partial charge in [-0.15, -0.1) is 0 Å². The number of carbonyl (C=O) groups excluding carboxylic acids is 1. The first-order valence-corrected chi connectivity index (χ1v) is 5.14. The van der Waals surface area contributed by atoms with E-state index in [-0.39, 0.29) is 12.5 Å². The van der Waals surface area contributed by atoms with Crippen molar-refractivity contribution in [2.75, 3.05) is 13.1 Å². The van der Waals surface area contributed by atoms with Crippen LogP contribution in [0, 0.1) is 5.41 Å². The van der Waals surface area contributed by atoms with Gasteiger partial charge in [-0.2, -0.15) is 0 Å². The van der Waals surface area contributed by atoms with Crippen LogP contribution in [0.15, 0.2) is 0 Å². The maximum Gasteiger partial charge on any atom is 0.326 e. The summed E-state index contributed by atoms with van der Waals surface area (Å²) in [5.41, 5.74) is 4.83. The van der Waals surface area contributed by atoms with Crippen LogP contribution in [0.4, 0.5) is 0 Å². The Hall–Kier alpha value is -1.10. The fraction of sp³-hybridized carbons (Fsp3) is 0.800. The molecule has 1 fully saturated rings. The number of amides is 1. The molecule has 3 N–H and O–H groups in total. The first kappa shape index (κ1) is 12.0. The standard InChI is InChI=1S/C10H18N2O3/c1-10(2,6-11)9(15)12-5-3-4-7(12)8(13)14/h7H,3-6,11H2,1-2H3,(H,13,14)/t7-/m1/s1. The number of aliphatic carboxylic acids is 1. The number of carbonyl (C=O) groups is 2. The van der Waals surface area contributed by atoms with E-state index in [2.05, 4.69) is 0 Å². The van der Waals surface area contributed by atoms with Gasteiger partial charge in [-0.3, -0.25) is 4.79 Å². The molecule has 1 aliphatic rings. The predicted octanol–water partition coefficient (Wildman–Crippen LogP) is 0.0469. The molecule has 1 heterocycles. The fourth-order valence-electron chi connectivity index (χ4n) is 1.74. The lowest BCUT2D eigenvalue weighted by Crippen LogP contribution is -2.49. The lowest BCUT2D eigenvalue weighted by molar-refractivity contribution is -0.151. The molecule has 1 atom stereocenters. The molecule has 0 bridgehead atoms. The molecule has 0 spiro atoms. The molecule has 5 heteroatoms. The van der Waals surface area contributed by atoms with Gasteiger partial charge in [-0.05, 0) is 26.7 Å². The highest BCUT2D eigenvalue weighted by Crippen LogP contribution is 2.25. The number of likely N-dealkylation sites (tertiary alicyclic amines) is 1. The molecule has 0 aromatic rings. The zero-order chi connectivity index (χ0) is 11.6. The lowest BCUT2D eigenvalue weighted by Gasteiger charge is -2.30. The van der Waals surface area contributed by atoms with Gasteiger partial charge in [0.25, 0.3) is 0 Å². The highest BCUT2D eigenvalue weighted by molar-refractivity contribution is 5.87. The van der Waals surface area contributed by atoms with E-state index in [1.807, 2.05) is 0 Å². The van der Waals surface area contributed by atoms with E-state index in [9.17, 15) is 9.59 Å². The molecule has 15 heavy (non-hydrogen) atoms. The van der Waals surface area contributed by atoms with Crippen molar-refractivity contribution >= 4 is 11.9 Å². The Morgan fingerprint density at radius 1 is 1.53 bits per heavy atom. The average Bonchev–Trinajstić information content (AvgIpc) is 2.64. The van der Waals surface area contributed by atoms with Gasteiger partial charge in [-0.25, -0.2) is 4.79 Å². The summed E-state index contributed by atoms with van der Waals surface area (Å²) in [4.78, 5) is 24.3. The molecular weight excluding hydrogens is 196 g/mol. The van der Waals surface area contributed by atoms with E-state index in [4.69, 9.17) is 10.8 Å². The van der Waals surface area contributed by atoms with Crippen molar-refractivity contribution in [3.05, 3.63) is 0 Å².